The van der Waals surface area contributed by atoms with Crippen molar-refractivity contribution in [1.29, 1.82) is 0 Å². The standard InChI is InChI=1S/C16H18N2O3/c1-3-18-11-5-6-14(18)15(19)17-13-9-7-12(8-10-13)16(20)21-4-2/h5-11H,3-4H2,1-2H3,(H,17,19). The maximum atomic E-state index is 12.2. The van der Waals surface area contributed by atoms with Gasteiger partial charge in [0.05, 0.1) is 12.2 Å². The van der Waals surface area contributed by atoms with Crippen LogP contribution in [0.3, 0.4) is 0 Å². The molecule has 0 spiro atoms. The Hall–Kier alpha value is -2.56. The molecule has 1 aromatic carbocycles. The van der Waals surface area contributed by atoms with Gasteiger partial charge >= 0.3 is 5.97 Å². The van der Waals surface area contributed by atoms with E-state index in [4.69, 9.17) is 4.74 Å². The van der Waals surface area contributed by atoms with E-state index in [9.17, 15) is 9.59 Å². The summed E-state index contributed by atoms with van der Waals surface area (Å²) in [5, 5.41) is 2.81. The van der Waals surface area contributed by atoms with Crippen LogP contribution >= 0.6 is 0 Å². The topological polar surface area (TPSA) is 60.3 Å². The third kappa shape index (κ3) is 3.51. The summed E-state index contributed by atoms with van der Waals surface area (Å²) in [6, 6.07) is 10.2. The Morgan fingerprint density at radius 1 is 1.14 bits per heavy atom. The zero-order valence-corrected chi connectivity index (χ0v) is 12.1. The van der Waals surface area contributed by atoms with Gasteiger partial charge in [0.2, 0.25) is 0 Å². The van der Waals surface area contributed by atoms with Gasteiger partial charge in [-0.05, 0) is 50.2 Å². The van der Waals surface area contributed by atoms with Crippen molar-refractivity contribution in [3.05, 3.63) is 53.9 Å². The van der Waals surface area contributed by atoms with Gasteiger partial charge in [0, 0.05) is 18.4 Å². The lowest BCUT2D eigenvalue weighted by atomic mass is 10.2. The lowest BCUT2D eigenvalue weighted by Gasteiger charge is -2.08. The van der Waals surface area contributed by atoms with Gasteiger partial charge in [-0.15, -0.1) is 0 Å². The summed E-state index contributed by atoms with van der Waals surface area (Å²) >= 11 is 0. The van der Waals surface area contributed by atoms with Gasteiger partial charge in [0.25, 0.3) is 5.91 Å². The third-order valence-corrected chi connectivity index (χ3v) is 3.06. The Morgan fingerprint density at radius 2 is 1.86 bits per heavy atom. The number of nitrogens with one attached hydrogen (secondary N) is 1. The smallest absolute Gasteiger partial charge is 0.338 e. The second-order valence-corrected chi connectivity index (χ2v) is 4.43. The highest BCUT2D eigenvalue weighted by Gasteiger charge is 2.11. The number of amides is 1. The summed E-state index contributed by atoms with van der Waals surface area (Å²) in [5.74, 6) is -0.541. The molecule has 0 aliphatic rings. The molecule has 0 saturated heterocycles. The van der Waals surface area contributed by atoms with Crippen LogP contribution in [0.15, 0.2) is 42.6 Å². The monoisotopic (exact) mass is 286 g/mol. The van der Waals surface area contributed by atoms with Crippen molar-refractivity contribution in [2.75, 3.05) is 11.9 Å². The SMILES string of the molecule is CCOC(=O)c1ccc(NC(=O)c2cccn2CC)cc1. The predicted octanol–water partition coefficient (Wildman–Crippen LogP) is 2.94. The lowest BCUT2D eigenvalue weighted by molar-refractivity contribution is 0.0526. The maximum absolute atomic E-state index is 12.2. The molecule has 1 amide bonds. The van der Waals surface area contributed by atoms with Crippen LogP contribution in [-0.4, -0.2) is 23.1 Å². The highest BCUT2D eigenvalue weighted by molar-refractivity contribution is 6.03. The van der Waals surface area contributed by atoms with Crippen molar-refractivity contribution in [1.82, 2.24) is 4.57 Å². The molecule has 0 radical (unpaired) electrons. The van der Waals surface area contributed by atoms with Crippen LogP contribution in [0.25, 0.3) is 0 Å². The number of nitrogens with zero attached hydrogens (tertiary/aromatic N) is 1. The number of rotatable bonds is 5. The number of hydrogen-bond donors (Lipinski definition) is 1. The molecule has 2 rings (SSSR count). The number of benzene rings is 1. The largest absolute Gasteiger partial charge is 0.462 e. The molecular formula is C16H18N2O3. The van der Waals surface area contributed by atoms with Crippen molar-refractivity contribution < 1.29 is 14.3 Å². The van der Waals surface area contributed by atoms with E-state index in [1.54, 1.807) is 37.3 Å². The Morgan fingerprint density at radius 3 is 2.48 bits per heavy atom. The van der Waals surface area contributed by atoms with Crippen molar-refractivity contribution in [2.24, 2.45) is 0 Å². The summed E-state index contributed by atoms with van der Waals surface area (Å²) in [5.41, 5.74) is 1.70. The summed E-state index contributed by atoms with van der Waals surface area (Å²) in [4.78, 5) is 23.7. The highest BCUT2D eigenvalue weighted by Crippen LogP contribution is 2.13. The Balaban J connectivity index is 2.07. The number of hydrogen-bond acceptors (Lipinski definition) is 3. The number of esters is 1. The molecule has 0 aliphatic heterocycles. The number of anilines is 1. The van der Waals surface area contributed by atoms with E-state index in [0.717, 1.165) is 6.54 Å². The van der Waals surface area contributed by atoms with Crippen LogP contribution < -0.4 is 5.32 Å². The van der Waals surface area contributed by atoms with Gasteiger partial charge in [0.1, 0.15) is 5.69 Å². The molecule has 110 valence electrons. The van der Waals surface area contributed by atoms with E-state index in [1.807, 2.05) is 23.8 Å². The number of ether oxygens (including phenoxy) is 1. The van der Waals surface area contributed by atoms with Gasteiger partial charge in [-0.3, -0.25) is 4.79 Å². The zero-order chi connectivity index (χ0) is 15.2. The summed E-state index contributed by atoms with van der Waals surface area (Å²) in [6.45, 7) is 4.81. The number of aromatic nitrogens is 1. The molecule has 0 saturated carbocycles. The van der Waals surface area contributed by atoms with E-state index in [-0.39, 0.29) is 11.9 Å². The van der Waals surface area contributed by atoms with E-state index in [2.05, 4.69) is 5.32 Å². The van der Waals surface area contributed by atoms with Crippen molar-refractivity contribution in [2.45, 2.75) is 20.4 Å². The molecule has 1 aromatic heterocycles. The first-order valence-electron chi connectivity index (χ1n) is 6.89. The first-order valence-corrected chi connectivity index (χ1v) is 6.89. The number of aryl methyl sites for hydroxylation is 1. The van der Waals surface area contributed by atoms with Crippen LogP contribution in [-0.2, 0) is 11.3 Å². The predicted molar refractivity (Wildman–Crippen MR) is 80.5 cm³/mol. The second kappa shape index (κ2) is 6.74. The zero-order valence-electron chi connectivity index (χ0n) is 12.1. The van der Waals surface area contributed by atoms with Crippen molar-refractivity contribution in [3.63, 3.8) is 0 Å². The quantitative estimate of drug-likeness (QED) is 0.860. The molecule has 0 fully saturated rings. The fourth-order valence-electron chi connectivity index (χ4n) is 2.00. The number of carbonyl (C=O) groups is 2. The Labute approximate surface area is 123 Å². The molecular weight excluding hydrogens is 268 g/mol. The normalized spacial score (nSPS) is 10.2. The lowest BCUT2D eigenvalue weighted by Crippen LogP contribution is -2.16. The van der Waals surface area contributed by atoms with Crippen LogP contribution in [0.5, 0.6) is 0 Å². The van der Waals surface area contributed by atoms with Crippen LogP contribution in [0.1, 0.15) is 34.7 Å². The third-order valence-electron chi connectivity index (χ3n) is 3.06. The molecule has 5 nitrogen and oxygen atoms in total. The van der Waals surface area contributed by atoms with Gasteiger partial charge in [0.15, 0.2) is 0 Å². The molecule has 1 heterocycles. The summed E-state index contributed by atoms with van der Waals surface area (Å²) < 4.78 is 6.77. The Kier molecular flexibility index (Phi) is 4.77. The molecule has 5 heteroatoms. The van der Waals surface area contributed by atoms with Gasteiger partial charge in [-0.2, -0.15) is 0 Å². The second-order valence-electron chi connectivity index (χ2n) is 4.43. The summed E-state index contributed by atoms with van der Waals surface area (Å²) in [6.07, 6.45) is 1.86. The molecule has 0 aliphatic carbocycles. The van der Waals surface area contributed by atoms with Crippen LogP contribution in [0.2, 0.25) is 0 Å². The molecule has 2 aromatic rings. The minimum Gasteiger partial charge on any atom is -0.462 e. The maximum Gasteiger partial charge on any atom is 0.338 e. The summed E-state index contributed by atoms with van der Waals surface area (Å²) in [7, 11) is 0. The van der Waals surface area contributed by atoms with Crippen molar-refractivity contribution >= 4 is 17.6 Å². The Bertz CT molecular complexity index is 629. The van der Waals surface area contributed by atoms with Gasteiger partial charge in [-0.25, -0.2) is 4.79 Å². The first kappa shape index (κ1) is 14.8. The molecule has 0 bridgehead atoms. The fraction of sp³-hybridized carbons (Fsp3) is 0.250. The van der Waals surface area contributed by atoms with Crippen LogP contribution in [0, 0.1) is 0 Å². The minimum absolute atomic E-state index is 0.175. The molecule has 21 heavy (non-hydrogen) atoms. The van der Waals surface area contributed by atoms with Crippen molar-refractivity contribution in [3.8, 4) is 0 Å². The van der Waals surface area contributed by atoms with Gasteiger partial charge < -0.3 is 14.6 Å². The average Bonchev–Trinajstić information content (AvgIpc) is 2.97. The van der Waals surface area contributed by atoms with E-state index < -0.39 is 0 Å². The van der Waals surface area contributed by atoms with E-state index in [1.165, 1.54) is 0 Å². The van der Waals surface area contributed by atoms with E-state index in [0.29, 0.717) is 23.6 Å². The molecule has 0 unspecified atom stereocenters. The fourth-order valence-corrected chi connectivity index (χ4v) is 2.00. The van der Waals surface area contributed by atoms with Crippen LogP contribution in [0.4, 0.5) is 5.69 Å². The average molecular weight is 286 g/mol. The highest BCUT2D eigenvalue weighted by atomic mass is 16.5. The molecule has 1 N–H and O–H groups in total. The molecule has 0 atom stereocenters. The number of carbonyl (C=O) groups excluding carboxylic acids is 2. The van der Waals surface area contributed by atoms with Gasteiger partial charge in [-0.1, -0.05) is 0 Å². The first-order chi connectivity index (χ1) is 10.2. The van der Waals surface area contributed by atoms with E-state index >= 15 is 0 Å². The minimum atomic E-state index is -0.366.